The summed E-state index contributed by atoms with van der Waals surface area (Å²) in [5.74, 6) is 1.43. The van der Waals surface area contributed by atoms with E-state index in [9.17, 15) is 9.59 Å². The van der Waals surface area contributed by atoms with Crippen LogP contribution < -0.4 is 20.3 Å². The highest BCUT2D eigenvalue weighted by Crippen LogP contribution is 2.32. The van der Waals surface area contributed by atoms with E-state index in [2.05, 4.69) is 10.3 Å². The first kappa shape index (κ1) is 21.6. The van der Waals surface area contributed by atoms with Crippen LogP contribution in [0.2, 0.25) is 0 Å². The maximum atomic E-state index is 13.5. The van der Waals surface area contributed by atoms with Gasteiger partial charge in [0.05, 0.1) is 25.3 Å². The van der Waals surface area contributed by atoms with E-state index < -0.39 is 6.04 Å². The van der Waals surface area contributed by atoms with Gasteiger partial charge in [-0.15, -0.1) is 11.3 Å². The van der Waals surface area contributed by atoms with Crippen molar-refractivity contribution in [3.63, 3.8) is 0 Å². The third-order valence-electron chi connectivity index (χ3n) is 5.35. The number of methoxy groups -OCH3 is 2. The maximum Gasteiger partial charge on any atom is 0.263 e. The van der Waals surface area contributed by atoms with Crippen molar-refractivity contribution in [2.45, 2.75) is 19.9 Å². The van der Waals surface area contributed by atoms with E-state index in [1.165, 1.54) is 23.0 Å². The van der Waals surface area contributed by atoms with E-state index in [0.717, 1.165) is 16.9 Å². The lowest BCUT2D eigenvalue weighted by atomic mass is 10.1. The highest BCUT2D eigenvalue weighted by Gasteiger charge is 2.23. The van der Waals surface area contributed by atoms with Gasteiger partial charge in [-0.2, -0.15) is 0 Å². The molecule has 2 heterocycles. The van der Waals surface area contributed by atoms with Crippen molar-refractivity contribution in [1.29, 1.82) is 0 Å². The zero-order chi connectivity index (χ0) is 22.8. The molecule has 0 saturated carbocycles. The highest BCUT2D eigenvalue weighted by atomic mass is 32.1. The number of hydrogen-bond acceptors (Lipinski definition) is 6. The third-order valence-corrected chi connectivity index (χ3v) is 6.22. The van der Waals surface area contributed by atoms with Crippen LogP contribution in [-0.4, -0.2) is 29.7 Å². The third kappa shape index (κ3) is 3.85. The van der Waals surface area contributed by atoms with Gasteiger partial charge in [0.15, 0.2) is 0 Å². The quantitative estimate of drug-likeness (QED) is 0.463. The molecule has 32 heavy (non-hydrogen) atoms. The van der Waals surface area contributed by atoms with E-state index in [4.69, 9.17) is 9.47 Å². The summed E-state index contributed by atoms with van der Waals surface area (Å²) in [5, 5.41) is 5.28. The molecule has 2 aromatic carbocycles. The molecule has 2 aromatic heterocycles. The summed E-state index contributed by atoms with van der Waals surface area (Å²) in [6, 6.07) is 13.9. The molecule has 164 valence electrons. The fourth-order valence-corrected chi connectivity index (χ4v) is 4.63. The van der Waals surface area contributed by atoms with E-state index in [1.807, 2.05) is 35.7 Å². The summed E-state index contributed by atoms with van der Waals surface area (Å²) in [6.07, 6.45) is 0. The van der Waals surface area contributed by atoms with Gasteiger partial charge in [0, 0.05) is 10.9 Å². The lowest BCUT2D eigenvalue weighted by molar-refractivity contribution is -0.118. The van der Waals surface area contributed by atoms with E-state index in [-0.39, 0.29) is 11.5 Å². The minimum atomic E-state index is -0.770. The monoisotopic (exact) mass is 449 g/mol. The van der Waals surface area contributed by atoms with Crippen LogP contribution in [0.3, 0.4) is 0 Å². The van der Waals surface area contributed by atoms with E-state index in [1.54, 1.807) is 39.2 Å². The Labute approximate surface area is 189 Å². The molecule has 1 atom stereocenters. The first-order chi connectivity index (χ1) is 15.4. The van der Waals surface area contributed by atoms with Gasteiger partial charge in [0.2, 0.25) is 5.91 Å². The number of thiophene rings is 1. The van der Waals surface area contributed by atoms with Crippen molar-refractivity contribution in [3.05, 3.63) is 70.1 Å². The predicted molar refractivity (Wildman–Crippen MR) is 127 cm³/mol. The fraction of sp³-hybridized carbons (Fsp3) is 0.208. The molecule has 8 heteroatoms. The fourth-order valence-electron chi connectivity index (χ4n) is 3.65. The van der Waals surface area contributed by atoms with Gasteiger partial charge in [-0.1, -0.05) is 24.3 Å². The Morgan fingerprint density at radius 1 is 1.09 bits per heavy atom. The number of nitrogens with zero attached hydrogens (tertiary/aromatic N) is 2. The van der Waals surface area contributed by atoms with Crippen LogP contribution in [0.15, 0.2) is 58.7 Å². The summed E-state index contributed by atoms with van der Waals surface area (Å²) in [6.45, 7) is 3.42. The Hall–Kier alpha value is -3.65. The number of aryl methyl sites for hydroxylation is 1. The van der Waals surface area contributed by atoms with Crippen molar-refractivity contribution in [3.8, 4) is 22.6 Å². The Balaban J connectivity index is 1.75. The topological polar surface area (TPSA) is 82.5 Å². The molecule has 0 aliphatic carbocycles. The van der Waals surface area contributed by atoms with Gasteiger partial charge in [0.1, 0.15) is 28.2 Å². The SMILES string of the molecule is COc1ccc(-c2csc3nc(C)n(C(C)C(=O)Nc4ccccc4OC)c(=O)c23)cc1. The van der Waals surface area contributed by atoms with Crippen molar-refractivity contribution in [2.75, 3.05) is 19.5 Å². The molecule has 0 saturated heterocycles. The van der Waals surface area contributed by atoms with Crippen molar-refractivity contribution in [2.24, 2.45) is 0 Å². The van der Waals surface area contributed by atoms with E-state index in [0.29, 0.717) is 27.5 Å². The molecule has 1 unspecified atom stereocenters. The molecular formula is C24H23N3O4S. The number of nitrogens with one attached hydrogen (secondary N) is 1. The number of aromatic nitrogens is 2. The van der Waals surface area contributed by atoms with Gasteiger partial charge in [-0.3, -0.25) is 14.2 Å². The van der Waals surface area contributed by atoms with Crippen LogP contribution in [0.25, 0.3) is 21.3 Å². The number of carbonyl (C=O) groups is 1. The van der Waals surface area contributed by atoms with Crippen molar-refractivity contribution in [1.82, 2.24) is 9.55 Å². The summed E-state index contributed by atoms with van der Waals surface area (Å²) in [5.41, 5.74) is 1.97. The zero-order valence-electron chi connectivity index (χ0n) is 18.2. The average molecular weight is 450 g/mol. The smallest absolute Gasteiger partial charge is 0.263 e. The first-order valence-corrected chi connectivity index (χ1v) is 10.9. The molecule has 4 rings (SSSR count). The van der Waals surface area contributed by atoms with Crippen LogP contribution in [0.4, 0.5) is 5.69 Å². The highest BCUT2D eigenvalue weighted by molar-refractivity contribution is 7.17. The minimum Gasteiger partial charge on any atom is -0.497 e. The number of hydrogen-bond donors (Lipinski definition) is 1. The number of rotatable bonds is 6. The molecule has 0 spiro atoms. The number of anilines is 1. The molecule has 7 nitrogen and oxygen atoms in total. The number of amides is 1. The molecular weight excluding hydrogens is 426 g/mol. The number of ether oxygens (including phenoxy) is 2. The Morgan fingerprint density at radius 3 is 2.50 bits per heavy atom. The second kappa shape index (κ2) is 8.84. The number of fused-ring (bicyclic) bond motifs is 1. The van der Waals surface area contributed by atoms with Gasteiger partial charge in [0.25, 0.3) is 5.56 Å². The largest absolute Gasteiger partial charge is 0.497 e. The Morgan fingerprint density at radius 2 is 1.81 bits per heavy atom. The summed E-state index contributed by atoms with van der Waals surface area (Å²) >= 11 is 1.41. The van der Waals surface area contributed by atoms with Crippen molar-refractivity contribution >= 4 is 33.1 Å². The van der Waals surface area contributed by atoms with Gasteiger partial charge >= 0.3 is 0 Å². The standard InChI is InChI=1S/C24H23N3O4S/c1-14(22(28)26-19-7-5-6-8-20(19)31-4)27-15(2)25-23-21(24(27)29)18(13-32-23)16-9-11-17(30-3)12-10-16/h5-14H,1-4H3,(H,26,28). The molecule has 0 radical (unpaired) electrons. The second-order valence-electron chi connectivity index (χ2n) is 7.26. The normalized spacial score (nSPS) is 11.9. The zero-order valence-corrected chi connectivity index (χ0v) is 19.0. The summed E-state index contributed by atoms with van der Waals surface area (Å²) < 4.78 is 12.0. The first-order valence-electron chi connectivity index (χ1n) is 10.0. The van der Waals surface area contributed by atoms with Crippen LogP contribution in [0, 0.1) is 6.92 Å². The molecule has 4 aromatic rings. The van der Waals surface area contributed by atoms with Crippen LogP contribution in [0.1, 0.15) is 18.8 Å². The van der Waals surface area contributed by atoms with Gasteiger partial charge in [-0.25, -0.2) is 4.98 Å². The lowest BCUT2D eigenvalue weighted by Gasteiger charge is -2.18. The lowest BCUT2D eigenvalue weighted by Crippen LogP contribution is -2.33. The molecule has 1 N–H and O–H groups in total. The van der Waals surface area contributed by atoms with Gasteiger partial charge in [-0.05, 0) is 43.7 Å². The Kier molecular flexibility index (Phi) is 5.96. The summed E-state index contributed by atoms with van der Waals surface area (Å²) in [7, 11) is 3.15. The number of benzene rings is 2. The molecule has 0 bridgehead atoms. The average Bonchev–Trinajstić information content (AvgIpc) is 3.23. The van der Waals surface area contributed by atoms with E-state index >= 15 is 0 Å². The number of carbonyl (C=O) groups excluding carboxylic acids is 1. The second-order valence-corrected chi connectivity index (χ2v) is 8.12. The predicted octanol–water partition coefficient (Wildman–Crippen LogP) is 4.65. The molecule has 1 amide bonds. The van der Waals surface area contributed by atoms with Gasteiger partial charge < -0.3 is 14.8 Å². The molecule has 0 aliphatic rings. The molecule has 0 aliphatic heterocycles. The maximum absolute atomic E-state index is 13.5. The molecule has 0 fully saturated rings. The Bertz CT molecular complexity index is 1340. The van der Waals surface area contributed by atoms with Crippen molar-refractivity contribution < 1.29 is 14.3 Å². The van der Waals surface area contributed by atoms with Crippen LogP contribution in [0.5, 0.6) is 11.5 Å². The summed E-state index contributed by atoms with van der Waals surface area (Å²) in [4.78, 5) is 31.8. The number of para-hydroxylation sites is 2. The van der Waals surface area contributed by atoms with Crippen LogP contribution in [-0.2, 0) is 4.79 Å². The minimum absolute atomic E-state index is 0.248. The van der Waals surface area contributed by atoms with Crippen LogP contribution >= 0.6 is 11.3 Å².